The van der Waals surface area contributed by atoms with Gasteiger partial charge in [-0.25, -0.2) is 0 Å². The average Bonchev–Trinajstić information content (AvgIpc) is 3.28. The normalized spacial score (nSPS) is 18.0. The van der Waals surface area contributed by atoms with E-state index in [1.54, 1.807) is 62.0 Å². The van der Waals surface area contributed by atoms with Crippen molar-refractivity contribution in [3.63, 3.8) is 0 Å². The molecule has 5 rings (SSSR count). The van der Waals surface area contributed by atoms with E-state index in [0.717, 1.165) is 51.4 Å². The van der Waals surface area contributed by atoms with Gasteiger partial charge in [0.15, 0.2) is 0 Å². The Morgan fingerprint density at radius 3 is 1.30 bits per heavy atom. The SMILES string of the molecule is CC(CS)C(=O)Oc1cc(C=N[C@@H]2CCCCC2N=Cc2cc(OC(=O)CCCCCC(=O)Oc3cc(C=NC4CCCCC4)c(O)c(C(C)(C)C)c3)cc(C(C)(C)C)c2O)c(O)c(C(C)(C)C)c1. The number of nitrogens with zero attached hydrogens (tertiary/aromatic N) is 3. The third kappa shape index (κ3) is 15.9. The lowest BCUT2D eigenvalue weighted by molar-refractivity contribution is -0.138. The molecule has 0 saturated heterocycles. The quantitative estimate of drug-likeness (QED) is 0.0337. The first-order valence-corrected chi connectivity index (χ1v) is 25.5. The van der Waals surface area contributed by atoms with E-state index in [2.05, 4.69) is 12.6 Å². The van der Waals surface area contributed by atoms with Crippen LogP contribution in [0, 0.1) is 5.92 Å². The van der Waals surface area contributed by atoms with E-state index in [9.17, 15) is 29.7 Å². The second kappa shape index (κ2) is 24.1. The monoisotopic (exact) mass is 968 g/mol. The van der Waals surface area contributed by atoms with Gasteiger partial charge in [0, 0.05) is 76.7 Å². The zero-order valence-electron chi connectivity index (χ0n) is 42.7. The number of carbonyl (C=O) groups is 3. The number of aromatic hydroxyl groups is 3. The molecular formula is C56H77N3O9S. The van der Waals surface area contributed by atoms with Gasteiger partial charge in [-0.3, -0.25) is 29.4 Å². The molecule has 13 heteroatoms. The number of phenolic OH excluding ortho intramolecular Hbond substituents is 3. The largest absolute Gasteiger partial charge is 0.507 e. The average molecular weight is 968 g/mol. The van der Waals surface area contributed by atoms with E-state index >= 15 is 0 Å². The first-order valence-electron chi connectivity index (χ1n) is 24.9. The van der Waals surface area contributed by atoms with E-state index < -0.39 is 34.7 Å². The van der Waals surface area contributed by atoms with Gasteiger partial charge in [0.1, 0.15) is 34.5 Å². The van der Waals surface area contributed by atoms with Gasteiger partial charge in [-0.1, -0.05) is 108 Å². The molecule has 0 radical (unpaired) electrons. The number of esters is 3. The molecule has 12 nitrogen and oxygen atoms in total. The third-order valence-corrected chi connectivity index (χ3v) is 13.4. The smallest absolute Gasteiger partial charge is 0.314 e. The van der Waals surface area contributed by atoms with Crippen molar-refractivity contribution in [2.24, 2.45) is 20.9 Å². The second-order valence-electron chi connectivity index (χ2n) is 22.0. The molecule has 2 aliphatic carbocycles. The summed E-state index contributed by atoms with van der Waals surface area (Å²) in [5.74, 6) is -0.0256. The van der Waals surface area contributed by atoms with Gasteiger partial charge < -0.3 is 29.5 Å². The highest BCUT2D eigenvalue weighted by atomic mass is 32.1. The van der Waals surface area contributed by atoms with Crippen LogP contribution in [-0.4, -0.2) is 75.7 Å². The van der Waals surface area contributed by atoms with Crippen molar-refractivity contribution in [2.75, 3.05) is 5.75 Å². The maximum atomic E-state index is 13.2. The Balaban J connectivity index is 1.21. The summed E-state index contributed by atoms with van der Waals surface area (Å²) < 4.78 is 17.3. The summed E-state index contributed by atoms with van der Waals surface area (Å²) in [5.41, 5.74) is 1.98. The lowest BCUT2D eigenvalue weighted by Gasteiger charge is -2.26. The highest BCUT2D eigenvalue weighted by Crippen LogP contribution is 2.40. The molecule has 3 aromatic carbocycles. The van der Waals surface area contributed by atoms with Crippen LogP contribution in [0.4, 0.5) is 0 Å². The molecule has 3 atom stereocenters. The number of aliphatic imine (C=N–C) groups is 3. The Kier molecular flexibility index (Phi) is 19.1. The molecule has 2 unspecified atom stereocenters. The summed E-state index contributed by atoms with van der Waals surface area (Å²) >= 11 is 4.24. The van der Waals surface area contributed by atoms with Crippen LogP contribution in [0.25, 0.3) is 0 Å². The van der Waals surface area contributed by atoms with Crippen LogP contribution in [0.2, 0.25) is 0 Å². The van der Waals surface area contributed by atoms with Crippen molar-refractivity contribution in [1.29, 1.82) is 0 Å². The lowest BCUT2D eigenvalue weighted by atomic mass is 9.85. The molecule has 0 heterocycles. The highest BCUT2D eigenvalue weighted by molar-refractivity contribution is 7.80. The summed E-state index contributed by atoms with van der Waals surface area (Å²) in [6, 6.07) is 9.83. The van der Waals surface area contributed by atoms with Gasteiger partial charge in [0.05, 0.1) is 18.0 Å². The van der Waals surface area contributed by atoms with Gasteiger partial charge >= 0.3 is 17.9 Å². The van der Waals surface area contributed by atoms with Crippen molar-refractivity contribution in [3.05, 3.63) is 69.8 Å². The van der Waals surface area contributed by atoms with Crippen LogP contribution in [0.15, 0.2) is 51.4 Å². The predicted octanol–water partition coefficient (Wildman–Crippen LogP) is 12.2. The molecule has 3 aromatic rings. The number of thiol groups is 1. The zero-order valence-corrected chi connectivity index (χ0v) is 43.6. The number of hydrogen-bond donors (Lipinski definition) is 4. The van der Waals surface area contributed by atoms with Gasteiger partial charge in [-0.15, -0.1) is 0 Å². The highest BCUT2D eigenvalue weighted by Gasteiger charge is 2.28. The first-order chi connectivity index (χ1) is 32.4. The molecule has 2 aliphatic rings. The molecule has 0 bridgehead atoms. The van der Waals surface area contributed by atoms with Gasteiger partial charge in [-0.05, 0) is 91.2 Å². The molecule has 376 valence electrons. The Morgan fingerprint density at radius 1 is 0.565 bits per heavy atom. The molecule has 3 N–H and O–H groups in total. The summed E-state index contributed by atoms with van der Waals surface area (Å²) in [6.07, 6.45) is 15.9. The maximum Gasteiger partial charge on any atom is 0.314 e. The van der Waals surface area contributed by atoms with Crippen molar-refractivity contribution in [1.82, 2.24) is 0 Å². The fourth-order valence-electron chi connectivity index (χ4n) is 8.65. The van der Waals surface area contributed by atoms with Crippen LogP contribution in [0.3, 0.4) is 0 Å². The number of unbranched alkanes of at least 4 members (excludes halogenated alkanes) is 2. The summed E-state index contributed by atoms with van der Waals surface area (Å²) in [6.45, 7) is 19.6. The molecular weight excluding hydrogens is 891 g/mol. The Morgan fingerprint density at radius 2 is 0.928 bits per heavy atom. The molecule has 0 amide bonds. The third-order valence-electron chi connectivity index (χ3n) is 12.9. The van der Waals surface area contributed by atoms with E-state index in [1.807, 2.05) is 62.3 Å². The van der Waals surface area contributed by atoms with Crippen LogP contribution in [-0.2, 0) is 30.6 Å². The predicted molar refractivity (Wildman–Crippen MR) is 279 cm³/mol. The van der Waals surface area contributed by atoms with Crippen molar-refractivity contribution in [3.8, 4) is 34.5 Å². The fourth-order valence-corrected chi connectivity index (χ4v) is 8.80. The molecule has 69 heavy (non-hydrogen) atoms. The van der Waals surface area contributed by atoms with E-state index in [0.29, 0.717) is 75.6 Å². The number of benzene rings is 3. The number of rotatable bonds is 17. The number of phenols is 3. The number of ether oxygens (including phenoxy) is 3. The molecule has 0 aromatic heterocycles. The summed E-state index contributed by atoms with van der Waals surface area (Å²) in [7, 11) is 0. The Hall–Kier alpha value is -5.17. The molecule has 2 saturated carbocycles. The number of hydrogen-bond acceptors (Lipinski definition) is 13. The van der Waals surface area contributed by atoms with Crippen LogP contribution in [0.5, 0.6) is 34.5 Å². The first kappa shape index (κ1) is 54.8. The minimum atomic E-state index is -0.485. The van der Waals surface area contributed by atoms with Crippen molar-refractivity contribution in [2.45, 2.75) is 193 Å². The minimum absolute atomic E-state index is 0.0535. The van der Waals surface area contributed by atoms with E-state index in [4.69, 9.17) is 29.2 Å². The van der Waals surface area contributed by atoms with Crippen molar-refractivity contribution < 1.29 is 43.9 Å². The molecule has 0 aliphatic heterocycles. The van der Waals surface area contributed by atoms with Crippen LogP contribution in [0.1, 0.15) is 193 Å². The fraction of sp³-hybridized carbons (Fsp3) is 0.571. The van der Waals surface area contributed by atoms with Crippen LogP contribution >= 0.6 is 12.6 Å². The Bertz CT molecular complexity index is 2360. The van der Waals surface area contributed by atoms with Gasteiger partial charge in [-0.2, -0.15) is 12.6 Å². The zero-order chi connectivity index (χ0) is 50.7. The minimum Gasteiger partial charge on any atom is -0.507 e. The standard InChI is InChI=1S/C56H77N3O9S/c1-35(34-69)53(65)68-42-27-38(52(64)45(30-42)56(8,9)10)33-59-47-22-18-17-21-46(47)58-32-37-26-41(29-44(51(37)63)55(5,6)7)67-49(61)24-16-12-15-23-48(60)66-40-25-36(31-57-39-19-13-11-14-20-39)50(62)43(28-40)54(2,3)4/h25-33,35,39,46-47,62-64,69H,11-24,34H2,1-10H3/t35?,46?,47-/m1/s1. The van der Waals surface area contributed by atoms with Crippen molar-refractivity contribution >= 4 is 49.2 Å². The summed E-state index contributed by atoms with van der Waals surface area (Å²) in [4.78, 5) is 53.5. The van der Waals surface area contributed by atoms with E-state index in [-0.39, 0.29) is 53.6 Å². The van der Waals surface area contributed by atoms with E-state index in [1.165, 1.54) is 6.42 Å². The molecule has 2 fully saturated rings. The van der Waals surface area contributed by atoms with Gasteiger partial charge in [0.25, 0.3) is 0 Å². The number of carbonyl (C=O) groups excluding carboxylic acids is 3. The summed E-state index contributed by atoms with van der Waals surface area (Å²) in [5, 5.41) is 34.0. The van der Waals surface area contributed by atoms with Crippen LogP contribution < -0.4 is 14.2 Å². The molecule has 0 spiro atoms. The second-order valence-corrected chi connectivity index (χ2v) is 22.4. The lowest BCUT2D eigenvalue weighted by Crippen LogP contribution is -2.27. The Labute approximate surface area is 415 Å². The van der Waals surface area contributed by atoms with Gasteiger partial charge in [0.2, 0.25) is 0 Å². The topological polar surface area (TPSA) is 177 Å². The maximum absolute atomic E-state index is 13.2.